The predicted octanol–water partition coefficient (Wildman–Crippen LogP) is 0.997. The molecular weight excluding hydrogens is 186 g/mol. The maximum atomic E-state index is 6.12. The lowest BCUT2D eigenvalue weighted by Crippen LogP contribution is -2.49. The summed E-state index contributed by atoms with van der Waals surface area (Å²) in [5.74, 6) is 0.719. The molecule has 0 saturated carbocycles. The normalized spacial score (nSPS) is 22.2. The van der Waals surface area contributed by atoms with Gasteiger partial charge in [-0.1, -0.05) is 20.8 Å². The average Bonchev–Trinajstić information content (AvgIpc) is 2.17. The van der Waals surface area contributed by atoms with E-state index in [9.17, 15) is 0 Å². The van der Waals surface area contributed by atoms with Crippen molar-refractivity contribution in [1.29, 1.82) is 0 Å². The maximum absolute atomic E-state index is 6.12. The fraction of sp³-hybridized carbons (Fsp3) is 1.00. The smallest absolute Gasteiger partial charge is 0.0170 e. The zero-order chi connectivity index (χ0) is 11.3. The van der Waals surface area contributed by atoms with Gasteiger partial charge in [-0.3, -0.25) is 4.90 Å². The minimum atomic E-state index is 0.359. The van der Waals surface area contributed by atoms with Crippen LogP contribution < -0.4 is 5.73 Å². The first-order valence-electron chi connectivity index (χ1n) is 6.32. The van der Waals surface area contributed by atoms with Crippen LogP contribution in [-0.4, -0.2) is 55.1 Å². The molecule has 0 radical (unpaired) electrons. The van der Waals surface area contributed by atoms with Gasteiger partial charge in [-0.25, -0.2) is 0 Å². The van der Waals surface area contributed by atoms with Crippen LogP contribution in [0, 0.1) is 5.92 Å². The summed E-state index contributed by atoms with van der Waals surface area (Å²) in [5, 5.41) is 0. The Kier molecular flexibility index (Phi) is 5.58. The van der Waals surface area contributed by atoms with Gasteiger partial charge >= 0.3 is 0 Å². The molecule has 15 heavy (non-hydrogen) atoms. The number of likely N-dealkylation sites (N-methyl/N-ethyl adjacent to an activating group) is 1. The molecule has 1 saturated heterocycles. The van der Waals surface area contributed by atoms with Crippen LogP contribution in [0.3, 0.4) is 0 Å². The van der Waals surface area contributed by atoms with E-state index in [4.69, 9.17) is 5.73 Å². The predicted molar refractivity (Wildman–Crippen MR) is 66.0 cm³/mol. The summed E-state index contributed by atoms with van der Waals surface area (Å²) >= 11 is 0. The van der Waals surface area contributed by atoms with E-state index in [1.165, 1.54) is 32.7 Å². The minimum Gasteiger partial charge on any atom is -0.327 e. The topological polar surface area (TPSA) is 32.5 Å². The fourth-order valence-corrected chi connectivity index (χ4v) is 2.30. The highest BCUT2D eigenvalue weighted by molar-refractivity contribution is 4.75. The number of nitrogens with two attached hydrogens (primary N) is 1. The molecule has 90 valence electrons. The van der Waals surface area contributed by atoms with Gasteiger partial charge in [0.1, 0.15) is 0 Å². The molecule has 2 N–H and O–H groups in total. The second kappa shape index (κ2) is 6.46. The molecule has 0 aliphatic carbocycles. The van der Waals surface area contributed by atoms with Crippen molar-refractivity contribution in [2.75, 3.05) is 39.3 Å². The molecule has 1 fully saturated rings. The third-order valence-electron chi connectivity index (χ3n) is 3.18. The fourth-order valence-electron chi connectivity index (χ4n) is 2.30. The first-order valence-corrected chi connectivity index (χ1v) is 6.32. The molecule has 0 spiro atoms. The van der Waals surface area contributed by atoms with Crippen molar-refractivity contribution >= 4 is 0 Å². The molecule has 1 atom stereocenters. The first-order chi connectivity index (χ1) is 7.11. The van der Waals surface area contributed by atoms with Gasteiger partial charge in [0.15, 0.2) is 0 Å². The Morgan fingerprint density at radius 2 is 1.60 bits per heavy atom. The lowest BCUT2D eigenvalue weighted by atomic mass is 10.0. The van der Waals surface area contributed by atoms with Crippen LogP contribution in [0.2, 0.25) is 0 Å². The highest BCUT2D eigenvalue weighted by Gasteiger charge is 2.17. The van der Waals surface area contributed by atoms with Crippen LogP contribution in [0.4, 0.5) is 0 Å². The average molecular weight is 213 g/mol. The highest BCUT2D eigenvalue weighted by atomic mass is 15.3. The van der Waals surface area contributed by atoms with Crippen molar-refractivity contribution in [3.63, 3.8) is 0 Å². The van der Waals surface area contributed by atoms with E-state index in [1.54, 1.807) is 0 Å². The minimum absolute atomic E-state index is 0.359. The second-order valence-corrected chi connectivity index (χ2v) is 5.12. The summed E-state index contributed by atoms with van der Waals surface area (Å²) in [7, 11) is 0. The van der Waals surface area contributed by atoms with E-state index < -0.39 is 0 Å². The van der Waals surface area contributed by atoms with Gasteiger partial charge in [0.05, 0.1) is 0 Å². The molecule has 0 bridgehead atoms. The largest absolute Gasteiger partial charge is 0.327 e. The van der Waals surface area contributed by atoms with Crippen molar-refractivity contribution in [3.05, 3.63) is 0 Å². The molecule has 3 nitrogen and oxygen atoms in total. The molecule has 3 heteroatoms. The monoisotopic (exact) mass is 213 g/mol. The lowest BCUT2D eigenvalue weighted by Gasteiger charge is -2.35. The molecule has 1 aliphatic rings. The number of nitrogens with zero attached hydrogens (tertiary/aromatic N) is 2. The zero-order valence-corrected chi connectivity index (χ0v) is 10.6. The van der Waals surface area contributed by atoms with Gasteiger partial charge in [0.2, 0.25) is 0 Å². The maximum Gasteiger partial charge on any atom is 0.0170 e. The SMILES string of the molecule is CCN1CCN(CC(N)CC(C)C)CC1. The van der Waals surface area contributed by atoms with Gasteiger partial charge < -0.3 is 10.6 Å². The van der Waals surface area contributed by atoms with Gasteiger partial charge in [-0.05, 0) is 18.9 Å². The Bertz CT molecular complexity index is 162. The van der Waals surface area contributed by atoms with E-state index in [0.717, 1.165) is 18.9 Å². The first kappa shape index (κ1) is 12.9. The number of rotatable bonds is 5. The summed E-state index contributed by atoms with van der Waals surface area (Å²) in [6.45, 7) is 13.8. The van der Waals surface area contributed by atoms with Crippen LogP contribution >= 0.6 is 0 Å². The zero-order valence-electron chi connectivity index (χ0n) is 10.6. The Morgan fingerprint density at radius 3 is 2.07 bits per heavy atom. The molecule has 0 amide bonds. The standard InChI is InChI=1S/C12H27N3/c1-4-14-5-7-15(8-6-14)10-12(13)9-11(2)3/h11-12H,4-10,13H2,1-3H3. The Balaban J connectivity index is 2.17. The van der Waals surface area contributed by atoms with Crippen molar-refractivity contribution in [2.24, 2.45) is 11.7 Å². The molecular formula is C12H27N3. The highest BCUT2D eigenvalue weighted by Crippen LogP contribution is 2.06. The van der Waals surface area contributed by atoms with Crippen molar-refractivity contribution in [2.45, 2.75) is 33.2 Å². The Morgan fingerprint density at radius 1 is 1.07 bits per heavy atom. The van der Waals surface area contributed by atoms with Crippen LogP contribution in [0.1, 0.15) is 27.2 Å². The summed E-state index contributed by atoms with van der Waals surface area (Å²) in [6, 6.07) is 0.359. The molecule has 0 aromatic heterocycles. The van der Waals surface area contributed by atoms with Crippen LogP contribution in [0.15, 0.2) is 0 Å². The van der Waals surface area contributed by atoms with Crippen LogP contribution in [0.25, 0.3) is 0 Å². The van der Waals surface area contributed by atoms with Crippen LogP contribution in [-0.2, 0) is 0 Å². The summed E-state index contributed by atoms with van der Waals surface area (Å²) in [4.78, 5) is 5.02. The Labute approximate surface area is 94.6 Å². The van der Waals surface area contributed by atoms with Gasteiger partial charge in [0, 0.05) is 38.8 Å². The third kappa shape index (κ3) is 4.96. The van der Waals surface area contributed by atoms with E-state index in [2.05, 4.69) is 30.6 Å². The molecule has 1 aliphatic heterocycles. The molecule has 0 aromatic carbocycles. The number of hydrogen-bond donors (Lipinski definition) is 1. The second-order valence-electron chi connectivity index (χ2n) is 5.12. The van der Waals surface area contributed by atoms with Crippen molar-refractivity contribution < 1.29 is 0 Å². The van der Waals surface area contributed by atoms with E-state index >= 15 is 0 Å². The summed E-state index contributed by atoms with van der Waals surface area (Å²) < 4.78 is 0. The van der Waals surface area contributed by atoms with E-state index in [-0.39, 0.29) is 0 Å². The van der Waals surface area contributed by atoms with Crippen LogP contribution in [0.5, 0.6) is 0 Å². The van der Waals surface area contributed by atoms with Gasteiger partial charge in [-0.2, -0.15) is 0 Å². The van der Waals surface area contributed by atoms with E-state index in [0.29, 0.717) is 6.04 Å². The summed E-state index contributed by atoms with van der Waals surface area (Å²) in [6.07, 6.45) is 1.15. The number of piperazine rings is 1. The lowest BCUT2D eigenvalue weighted by molar-refractivity contribution is 0.129. The third-order valence-corrected chi connectivity index (χ3v) is 3.18. The number of hydrogen-bond acceptors (Lipinski definition) is 3. The van der Waals surface area contributed by atoms with Gasteiger partial charge in [-0.15, -0.1) is 0 Å². The van der Waals surface area contributed by atoms with Gasteiger partial charge in [0.25, 0.3) is 0 Å². The van der Waals surface area contributed by atoms with Crippen molar-refractivity contribution in [1.82, 2.24) is 9.80 Å². The quantitative estimate of drug-likeness (QED) is 0.739. The molecule has 1 heterocycles. The molecule has 0 aromatic rings. The van der Waals surface area contributed by atoms with Crippen molar-refractivity contribution in [3.8, 4) is 0 Å². The molecule has 1 rings (SSSR count). The van der Waals surface area contributed by atoms with E-state index in [1.807, 2.05) is 0 Å². The Hall–Kier alpha value is -0.120. The molecule has 1 unspecified atom stereocenters. The summed E-state index contributed by atoms with van der Waals surface area (Å²) in [5.41, 5.74) is 6.12.